The molecule has 0 amide bonds. The molecule has 0 saturated heterocycles. The molecular weight excluding hydrogens is 745 g/mol. The summed E-state index contributed by atoms with van der Waals surface area (Å²) in [5.74, 6) is 0. The highest BCUT2D eigenvalue weighted by molar-refractivity contribution is 7.25. The van der Waals surface area contributed by atoms with Gasteiger partial charge in [0.05, 0.1) is 16.6 Å². The van der Waals surface area contributed by atoms with Crippen LogP contribution in [0.15, 0.2) is 213 Å². The predicted octanol–water partition coefficient (Wildman–Crippen LogP) is 15.9. The van der Waals surface area contributed by atoms with Gasteiger partial charge in [0.2, 0.25) is 0 Å². The Balaban J connectivity index is 0.997. The first-order chi connectivity index (χ1) is 29.3. The number of aromatic nitrogens is 1. The minimum Gasteiger partial charge on any atom is -0.318 e. The van der Waals surface area contributed by atoms with Crippen LogP contribution in [0.3, 0.4) is 0 Å². The smallest absolute Gasteiger partial charge is 0.0620 e. The lowest BCUT2D eigenvalue weighted by Gasteiger charge is -2.26. The summed E-state index contributed by atoms with van der Waals surface area (Å²) in [7, 11) is 0. The normalized spacial score (nSPS) is 14.9. The van der Waals surface area contributed by atoms with Gasteiger partial charge in [0.15, 0.2) is 0 Å². The summed E-state index contributed by atoms with van der Waals surface area (Å²) in [6, 6.07) is 55.0. The SMILES string of the molecule is C=C/C(=C\C=C\N(C(=C)/C=C1\C(=C)c2ccccc2C1(C)C)c1ccc(-c2ccc3sc4ccccc4c3c2)cc1)c1cc2c3ccccc3n3c4ccccc4c(c1)c23. The van der Waals surface area contributed by atoms with Crippen molar-refractivity contribution in [2.45, 2.75) is 19.3 Å². The lowest BCUT2D eigenvalue weighted by molar-refractivity contribution is 0.660. The van der Waals surface area contributed by atoms with Crippen molar-refractivity contribution in [1.29, 1.82) is 0 Å². The van der Waals surface area contributed by atoms with E-state index in [4.69, 9.17) is 6.58 Å². The van der Waals surface area contributed by atoms with E-state index in [9.17, 15) is 0 Å². The molecule has 3 heteroatoms. The van der Waals surface area contributed by atoms with E-state index < -0.39 is 0 Å². The van der Waals surface area contributed by atoms with Crippen molar-refractivity contribution in [1.82, 2.24) is 4.40 Å². The molecule has 3 heterocycles. The van der Waals surface area contributed by atoms with Crippen LogP contribution in [-0.2, 0) is 5.41 Å². The van der Waals surface area contributed by atoms with Crippen molar-refractivity contribution in [2.24, 2.45) is 0 Å². The summed E-state index contributed by atoms with van der Waals surface area (Å²) in [4.78, 5) is 2.18. The van der Waals surface area contributed by atoms with Crippen LogP contribution in [0.4, 0.5) is 5.69 Å². The van der Waals surface area contributed by atoms with E-state index in [2.05, 4.69) is 212 Å². The third-order valence-corrected chi connectivity index (χ3v) is 13.8. The third kappa shape index (κ3) is 5.47. The molecule has 11 rings (SSSR count). The molecule has 0 radical (unpaired) electrons. The van der Waals surface area contributed by atoms with E-state index in [0.717, 1.165) is 28.1 Å². The molecule has 0 bridgehead atoms. The molecule has 0 aliphatic heterocycles. The molecule has 0 N–H and O–H groups in total. The molecule has 286 valence electrons. The maximum Gasteiger partial charge on any atom is 0.0620 e. The molecule has 60 heavy (non-hydrogen) atoms. The number of benzene rings is 7. The van der Waals surface area contributed by atoms with Crippen LogP contribution >= 0.6 is 11.3 Å². The van der Waals surface area contributed by atoms with Gasteiger partial charge < -0.3 is 9.30 Å². The topological polar surface area (TPSA) is 7.65 Å². The molecule has 0 fully saturated rings. The molecule has 0 spiro atoms. The van der Waals surface area contributed by atoms with Crippen molar-refractivity contribution >= 4 is 86.4 Å². The van der Waals surface area contributed by atoms with Crippen molar-refractivity contribution in [3.05, 3.63) is 230 Å². The quantitative estimate of drug-likeness (QED) is 0.139. The van der Waals surface area contributed by atoms with E-state index in [-0.39, 0.29) is 5.41 Å². The van der Waals surface area contributed by atoms with Gasteiger partial charge in [0.1, 0.15) is 0 Å². The molecule has 0 saturated carbocycles. The van der Waals surface area contributed by atoms with Crippen molar-refractivity contribution < 1.29 is 0 Å². The molecule has 2 nitrogen and oxygen atoms in total. The number of para-hydroxylation sites is 2. The Morgan fingerprint density at radius 1 is 0.650 bits per heavy atom. The molecule has 3 aromatic heterocycles. The van der Waals surface area contributed by atoms with Crippen LogP contribution in [0.5, 0.6) is 0 Å². The highest BCUT2D eigenvalue weighted by Gasteiger charge is 2.37. The Morgan fingerprint density at radius 2 is 1.27 bits per heavy atom. The highest BCUT2D eigenvalue weighted by Crippen LogP contribution is 2.49. The average molecular weight is 787 g/mol. The second-order valence-electron chi connectivity index (χ2n) is 16.4. The zero-order valence-electron chi connectivity index (χ0n) is 33.7. The predicted molar refractivity (Wildman–Crippen MR) is 261 cm³/mol. The fraction of sp³-hybridized carbons (Fsp3) is 0.0526. The van der Waals surface area contributed by atoms with E-state index in [0.29, 0.717) is 0 Å². The molecule has 1 aliphatic rings. The van der Waals surface area contributed by atoms with Gasteiger partial charge in [-0.05, 0) is 111 Å². The van der Waals surface area contributed by atoms with Gasteiger partial charge in [-0.3, -0.25) is 0 Å². The minimum atomic E-state index is -0.210. The maximum absolute atomic E-state index is 4.69. The summed E-state index contributed by atoms with van der Waals surface area (Å²) >= 11 is 1.85. The van der Waals surface area contributed by atoms with Crippen LogP contribution in [0.1, 0.15) is 30.5 Å². The Kier molecular flexibility index (Phi) is 8.20. The minimum absolute atomic E-state index is 0.210. The first-order valence-corrected chi connectivity index (χ1v) is 21.3. The summed E-state index contributed by atoms with van der Waals surface area (Å²) in [6.07, 6.45) is 10.6. The fourth-order valence-corrected chi connectivity index (χ4v) is 10.7. The number of hydrogen-bond donors (Lipinski definition) is 0. The summed E-state index contributed by atoms with van der Waals surface area (Å²) in [6.45, 7) is 18.1. The Bertz CT molecular complexity index is 3420. The van der Waals surface area contributed by atoms with E-state index >= 15 is 0 Å². The third-order valence-electron chi connectivity index (χ3n) is 12.7. The molecule has 7 aromatic carbocycles. The average Bonchev–Trinajstić information content (AvgIpc) is 3.98. The van der Waals surface area contributed by atoms with E-state index in [1.54, 1.807) is 0 Å². The van der Waals surface area contributed by atoms with Crippen molar-refractivity contribution in [2.75, 3.05) is 4.90 Å². The number of thiophene rings is 1. The Hall–Kier alpha value is -7.20. The van der Waals surface area contributed by atoms with Crippen LogP contribution < -0.4 is 4.90 Å². The number of fused-ring (bicyclic) bond motifs is 10. The number of rotatable bonds is 8. The van der Waals surface area contributed by atoms with Crippen molar-refractivity contribution in [3.8, 4) is 11.1 Å². The van der Waals surface area contributed by atoms with Gasteiger partial charge in [-0.15, -0.1) is 11.3 Å². The summed E-state index contributed by atoms with van der Waals surface area (Å²) in [5.41, 5.74) is 14.6. The first kappa shape index (κ1) is 35.9. The number of nitrogens with zero attached hydrogens (tertiary/aromatic N) is 2. The Morgan fingerprint density at radius 3 is 1.97 bits per heavy atom. The van der Waals surface area contributed by atoms with Crippen LogP contribution in [0.25, 0.3) is 80.5 Å². The second-order valence-corrected chi connectivity index (χ2v) is 17.5. The number of allylic oxidation sites excluding steroid dienone is 7. The number of hydrogen-bond acceptors (Lipinski definition) is 2. The van der Waals surface area contributed by atoms with Gasteiger partial charge in [-0.25, -0.2) is 0 Å². The second kappa shape index (κ2) is 13.7. The van der Waals surface area contributed by atoms with Crippen LogP contribution in [0.2, 0.25) is 0 Å². The fourth-order valence-electron chi connectivity index (χ4n) is 9.66. The monoisotopic (exact) mass is 786 g/mol. The van der Waals surface area contributed by atoms with E-state index in [1.807, 2.05) is 17.4 Å². The lowest BCUT2D eigenvalue weighted by Crippen LogP contribution is -2.18. The number of anilines is 1. The summed E-state index contributed by atoms with van der Waals surface area (Å²) in [5, 5.41) is 7.62. The van der Waals surface area contributed by atoms with Crippen molar-refractivity contribution in [3.63, 3.8) is 0 Å². The first-order valence-electron chi connectivity index (χ1n) is 20.5. The van der Waals surface area contributed by atoms with E-state index in [1.165, 1.54) is 86.1 Å². The molecular formula is C57H42N2S. The van der Waals surface area contributed by atoms with Gasteiger partial charge in [-0.1, -0.05) is 143 Å². The van der Waals surface area contributed by atoms with Crippen LogP contribution in [-0.4, -0.2) is 4.40 Å². The molecule has 0 atom stereocenters. The molecule has 0 unspecified atom stereocenters. The van der Waals surface area contributed by atoms with Gasteiger partial charge >= 0.3 is 0 Å². The van der Waals surface area contributed by atoms with Gasteiger partial charge in [0.25, 0.3) is 0 Å². The van der Waals surface area contributed by atoms with Gasteiger partial charge in [-0.2, -0.15) is 0 Å². The maximum atomic E-state index is 4.69. The zero-order chi connectivity index (χ0) is 40.7. The lowest BCUT2D eigenvalue weighted by atomic mass is 9.82. The standard InChI is InChI=1S/C57H42N2S/c1-6-38(41-34-48-44-18-8-12-22-52(44)59-53-23-13-9-19-45(53)49(35-41)56(48)59)16-15-31-58(36(2)32-51-37(3)43-17-7-11-21-50(43)57(51,4)5)42-28-25-39(26-29-42)40-27-30-55-47(33-40)46-20-10-14-24-54(46)60-55/h6-35H,1-3H2,4-5H3/b31-15+,38-16+,51-32+. The largest absolute Gasteiger partial charge is 0.318 e. The zero-order valence-corrected chi connectivity index (χ0v) is 34.6. The van der Waals surface area contributed by atoms with Gasteiger partial charge in [0, 0.05) is 64.7 Å². The summed E-state index contributed by atoms with van der Waals surface area (Å²) < 4.78 is 5.04. The molecule has 10 aromatic rings. The van der Waals surface area contributed by atoms with Crippen LogP contribution in [0, 0.1) is 0 Å². The Labute approximate surface area is 354 Å². The highest BCUT2D eigenvalue weighted by atomic mass is 32.1. The molecule has 1 aliphatic carbocycles.